The van der Waals surface area contributed by atoms with Crippen LogP contribution in [0.4, 0.5) is 11.4 Å². The summed E-state index contributed by atoms with van der Waals surface area (Å²) in [5.41, 5.74) is 7.91. The van der Waals surface area contributed by atoms with Crippen molar-refractivity contribution in [2.75, 3.05) is 24.3 Å². The second kappa shape index (κ2) is 4.01. The van der Waals surface area contributed by atoms with Gasteiger partial charge in [-0.05, 0) is 31.9 Å². The van der Waals surface area contributed by atoms with E-state index in [0.29, 0.717) is 12.6 Å². The smallest absolute Gasteiger partial charge is 0.144 e. The van der Waals surface area contributed by atoms with Crippen LogP contribution < -0.4 is 15.4 Å². The lowest BCUT2D eigenvalue weighted by Crippen LogP contribution is -2.20. The number of anilines is 2. The summed E-state index contributed by atoms with van der Waals surface area (Å²) in [4.78, 5) is 2.25. The van der Waals surface area contributed by atoms with Gasteiger partial charge in [-0.15, -0.1) is 0 Å². The third-order valence-electron chi connectivity index (χ3n) is 2.82. The molecule has 2 N–H and O–H groups in total. The van der Waals surface area contributed by atoms with Crippen molar-refractivity contribution in [3.8, 4) is 5.75 Å². The summed E-state index contributed by atoms with van der Waals surface area (Å²) < 4.78 is 5.48. The van der Waals surface area contributed by atoms with E-state index in [1.54, 1.807) is 0 Å². The third-order valence-corrected chi connectivity index (χ3v) is 2.82. The molecule has 1 aromatic carbocycles. The number of para-hydroxylation sites is 1. The zero-order valence-corrected chi connectivity index (χ0v) is 9.36. The standard InChI is InChI=1S/C12H18N2O/c1-3-15-11-6-4-5-10(12(11)13)14(2)9-7-8-9/h4-6,9H,3,7-8,13H2,1-2H3. The molecule has 82 valence electrons. The highest BCUT2D eigenvalue weighted by atomic mass is 16.5. The van der Waals surface area contributed by atoms with Gasteiger partial charge >= 0.3 is 0 Å². The van der Waals surface area contributed by atoms with Gasteiger partial charge in [-0.3, -0.25) is 0 Å². The fourth-order valence-electron chi connectivity index (χ4n) is 1.78. The van der Waals surface area contributed by atoms with Crippen LogP contribution in [0.1, 0.15) is 19.8 Å². The van der Waals surface area contributed by atoms with Gasteiger partial charge in [0.15, 0.2) is 0 Å². The summed E-state index contributed by atoms with van der Waals surface area (Å²) in [6.07, 6.45) is 2.55. The first-order valence-electron chi connectivity index (χ1n) is 5.48. The van der Waals surface area contributed by atoms with E-state index in [0.717, 1.165) is 17.1 Å². The van der Waals surface area contributed by atoms with E-state index in [4.69, 9.17) is 10.5 Å². The maximum atomic E-state index is 6.07. The van der Waals surface area contributed by atoms with Crippen molar-refractivity contribution < 1.29 is 4.74 Å². The first-order chi connectivity index (χ1) is 7.24. The Kier molecular flexibility index (Phi) is 2.71. The predicted octanol–water partition coefficient (Wildman–Crippen LogP) is 2.27. The summed E-state index contributed by atoms with van der Waals surface area (Å²) in [5, 5.41) is 0. The fourth-order valence-corrected chi connectivity index (χ4v) is 1.78. The van der Waals surface area contributed by atoms with Crippen LogP contribution in [0.25, 0.3) is 0 Å². The summed E-state index contributed by atoms with van der Waals surface area (Å²) in [7, 11) is 2.10. The van der Waals surface area contributed by atoms with Crippen molar-refractivity contribution in [2.24, 2.45) is 0 Å². The molecule has 3 heteroatoms. The lowest BCUT2D eigenvalue weighted by atomic mass is 10.2. The van der Waals surface area contributed by atoms with Gasteiger partial charge in [-0.25, -0.2) is 0 Å². The van der Waals surface area contributed by atoms with E-state index in [1.165, 1.54) is 12.8 Å². The van der Waals surface area contributed by atoms with Gasteiger partial charge in [0, 0.05) is 13.1 Å². The van der Waals surface area contributed by atoms with Crippen molar-refractivity contribution in [1.29, 1.82) is 0 Å². The van der Waals surface area contributed by atoms with Crippen LogP contribution in [-0.2, 0) is 0 Å². The number of nitrogen functional groups attached to an aromatic ring is 1. The Morgan fingerprint density at radius 3 is 2.80 bits per heavy atom. The van der Waals surface area contributed by atoms with Gasteiger partial charge in [0.2, 0.25) is 0 Å². The van der Waals surface area contributed by atoms with Gasteiger partial charge in [-0.2, -0.15) is 0 Å². The summed E-state index contributed by atoms with van der Waals surface area (Å²) in [6.45, 7) is 2.62. The van der Waals surface area contributed by atoms with Crippen LogP contribution in [-0.4, -0.2) is 19.7 Å². The molecule has 15 heavy (non-hydrogen) atoms. The Hall–Kier alpha value is -1.38. The molecule has 1 saturated carbocycles. The molecule has 1 fully saturated rings. The lowest BCUT2D eigenvalue weighted by molar-refractivity contribution is 0.342. The number of nitrogens with two attached hydrogens (primary N) is 1. The van der Waals surface area contributed by atoms with Crippen LogP contribution in [0.5, 0.6) is 5.75 Å². The largest absolute Gasteiger partial charge is 0.492 e. The molecule has 2 rings (SSSR count). The average Bonchev–Trinajstić information content (AvgIpc) is 3.04. The molecular weight excluding hydrogens is 188 g/mol. The predicted molar refractivity (Wildman–Crippen MR) is 63.4 cm³/mol. The molecule has 1 aliphatic carbocycles. The minimum absolute atomic E-state index is 0.654. The molecule has 0 spiro atoms. The third kappa shape index (κ3) is 2.01. The highest BCUT2D eigenvalue weighted by Crippen LogP contribution is 2.37. The monoisotopic (exact) mass is 206 g/mol. The van der Waals surface area contributed by atoms with Gasteiger partial charge < -0.3 is 15.4 Å². The van der Waals surface area contributed by atoms with Crippen LogP contribution >= 0.6 is 0 Å². The SMILES string of the molecule is CCOc1cccc(N(C)C2CC2)c1N. The number of hydrogen-bond acceptors (Lipinski definition) is 3. The molecule has 0 unspecified atom stereocenters. The number of hydrogen-bond donors (Lipinski definition) is 1. The van der Waals surface area contributed by atoms with Crippen molar-refractivity contribution >= 4 is 11.4 Å². The molecule has 0 atom stereocenters. The fraction of sp³-hybridized carbons (Fsp3) is 0.500. The van der Waals surface area contributed by atoms with Gasteiger partial charge in [0.1, 0.15) is 5.75 Å². The van der Waals surface area contributed by atoms with Crippen molar-refractivity contribution in [1.82, 2.24) is 0 Å². The van der Waals surface area contributed by atoms with Crippen LogP contribution in [0.15, 0.2) is 18.2 Å². The van der Waals surface area contributed by atoms with E-state index in [-0.39, 0.29) is 0 Å². The minimum atomic E-state index is 0.654. The minimum Gasteiger partial charge on any atom is -0.492 e. The Morgan fingerprint density at radius 1 is 1.47 bits per heavy atom. The maximum absolute atomic E-state index is 6.07. The molecule has 0 bridgehead atoms. The Balaban J connectivity index is 2.26. The molecule has 1 aromatic rings. The number of rotatable bonds is 4. The van der Waals surface area contributed by atoms with E-state index >= 15 is 0 Å². The average molecular weight is 206 g/mol. The molecule has 0 aliphatic heterocycles. The molecule has 3 nitrogen and oxygen atoms in total. The zero-order chi connectivity index (χ0) is 10.8. The van der Waals surface area contributed by atoms with Crippen LogP contribution in [0.2, 0.25) is 0 Å². The quantitative estimate of drug-likeness (QED) is 0.768. The van der Waals surface area contributed by atoms with Crippen LogP contribution in [0, 0.1) is 0 Å². The molecule has 0 saturated heterocycles. The number of ether oxygens (including phenoxy) is 1. The lowest BCUT2D eigenvalue weighted by Gasteiger charge is -2.21. The highest BCUT2D eigenvalue weighted by Gasteiger charge is 2.27. The number of nitrogens with zero attached hydrogens (tertiary/aromatic N) is 1. The van der Waals surface area contributed by atoms with Crippen molar-refractivity contribution in [3.05, 3.63) is 18.2 Å². The second-order valence-electron chi connectivity index (χ2n) is 3.96. The number of benzene rings is 1. The molecular formula is C12H18N2O. The highest BCUT2D eigenvalue weighted by molar-refractivity contribution is 5.74. The Bertz CT molecular complexity index is 347. The van der Waals surface area contributed by atoms with Crippen molar-refractivity contribution in [3.63, 3.8) is 0 Å². The summed E-state index contributed by atoms with van der Waals surface area (Å²) >= 11 is 0. The van der Waals surface area contributed by atoms with Gasteiger partial charge in [-0.1, -0.05) is 6.07 Å². The van der Waals surface area contributed by atoms with Crippen LogP contribution in [0.3, 0.4) is 0 Å². The van der Waals surface area contributed by atoms with Gasteiger partial charge in [0.25, 0.3) is 0 Å². The van der Waals surface area contributed by atoms with E-state index in [9.17, 15) is 0 Å². The van der Waals surface area contributed by atoms with Gasteiger partial charge in [0.05, 0.1) is 18.0 Å². The summed E-state index contributed by atoms with van der Waals surface area (Å²) in [6, 6.07) is 6.64. The Labute approximate surface area is 90.8 Å². The summed E-state index contributed by atoms with van der Waals surface area (Å²) in [5.74, 6) is 0.794. The molecule has 1 aliphatic rings. The normalized spacial score (nSPS) is 15.1. The van der Waals surface area contributed by atoms with E-state index in [1.807, 2.05) is 19.1 Å². The topological polar surface area (TPSA) is 38.5 Å². The second-order valence-corrected chi connectivity index (χ2v) is 3.96. The first kappa shape index (κ1) is 10.1. The van der Waals surface area contributed by atoms with E-state index in [2.05, 4.69) is 18.0 Å². The molecule has 0 radical (unpaired) electrons. The maximum Gasteiger partial charge on any atom is 0.144 e. The van der Waals surface area contributed by atoms with Crippen molar-refractivity contribution in [2.45, 2.75) is 25.8 Å². The molecule has 0 heterocycles. The molecule has 0 amide bonds. The molecule has 0 aromatic heterocycles. The zero-order valence-electron chi connectivity index (χ0n) is 9.36. The Morgan fingerprint density at radius 2 is 2.20 bits per heavy atom. The van der Waals surface area contributed by atoms with E-state index < -0.39 is 0 Å². The first-order valence-corrected chi connectivity index (χ1v) is 5.48.